The van der Waals surface area contributed by atoms with Crippen molar-refractivity contribution in [3.8, 4) is 11.3 Å². The summed E-state index contributed by atoms with van der Waals surface area (Å²) in [5, 5.41) is 6.44. The number of alkyl halides is 3. The van der Waals surface area contributed by atoms with Crippen molar-refractivity contribution in [1.82, 2.24) is 24.8 Å². The summed E-state index contributed by atoms with van der Waals surface area (Å²) in [4.78, 5) is 30.3. The lowest BCUT2D eigenvalue weighted by Crippen LogP contribution is -2.30. The van der Waals surface area contributed by atoms with Gasteiger partial charge in [0.05, 0.1) is 11.9 Å². The van der Waals surface area contributed by atoms with Crippen molar-refractivity contribution in [1.29, 1.82) is 0 Å². The lowest BCUT2D eigenvalue weighted by molar-refractivity contribution is -0.142. The molecule has 31 heavy (non-hydrogen) atoms. The zero-order valence-electron chi connectivity index (χ0n) is 16.5. The van der Waals surface area contributed by atoms with Crippen LogP contribution in [0.1, 0.15) is 35.3 Å². The van der Waals surface area contributed by atoms with Crippen LogP contribution in [0.3, 0.4) is 0 Å². The minimum atomic E-state index is -4.67. The predicted molar refractivity (Wildman–Crippen MR) is 106 cm³/mol. The number of nitrogens with zero attached hydrogens (tertiary/aromatic N) is 4. The number of benzene rings is 1. The number of nitrogens with one attached hydrogen (secondary N) is 1. The molecule has 3 heterocycles. The minimum absolute atomic E-state index is 0.0412. The van der Waals surface area contributed by atoms with Crippen LogP contribution in [-0.4, -0.2) is 50.9 Å². The number of amides is 2. The molecule has 1 aliphatic rings. The lowest BCUT2D eigenvalue weighted by atomic mass is 10.1. The molecular weight excluding hydrogens is 411 g/mol. The molecule has 2 amide bonds. The van der Waals surface area contributed by atoms with Crippen LogP contribution >= 0.6 is 0 Å². The number of carbonyl (C=O) groups is 2. The molecule has 2 aromatic heterocycles. The van der Waals surface area contributed by atoms with Gasteiger partial charge in [-0.25, -0.2) is 9.50 Å². The summed E-state index contributed by atoms with van der Waals surface area (Å²) in [6.07, 6.45) is -1.65. The van der Waals surface area contributed by atoms with Gasteiger partial charge >= 0.3 is 6.18 Å². The first-order valence-corrected chi connectivity index (χ1v) is 9.92. The standard InChI is InChI=1S/C21H20F3N5O2/c22-21(23,24)17-12-16(14-6-2-1-3-7-14)27-19-15(13-26-29(17)19)20(31)25-9-5-11-28-10-4-8-18(28)30/h1-3,6-7,12-13H,4-5,8-11H2,(H,25,31). The van der Waals surface area contributed by atoms with Crippen molar-refractivity contribution in [2.24, 2.45) is 0 Å². The van der Waals surface area contributed by atoms with Gasteiger partial charge in [0.15, 0.2) is 11.3 Å². The van der Waals surface area contributed by atoms with Crippen molar-refractivity contribution in [2.75, 3.05) is 19.6 Å². The van der Waals surface area contributed by atoms with Crippen molar-refractivity contribution >= 4 is 17.5 Å². The zero-order chi connectivity index (χ0) is 22.0. The Balaban J connectivity index is 1.57. The fraction of sp³-hybridized carbons (Fsp3) is 0.333. The van der Waals surface area contributed by atoms with Crippen LogP contribution in [0.15, 0.2) is 42.6 Å². The topological polar surface area (TPSA) is 79.6 Å². The first-order valence-electron chi connectivity index (χ1n) is 9.92. The number of likely N-dealkylation sites (tertiary alicyclic amines) is 1. The van der Waals surface area contributed by atoms with Gasteiger partial charge in [0, 0.05) is 31.6 Å². The maximum absolute atomic E-state index is 13.6. The molecule has 1 N–H and O–H groups in total. The van der Waals surface area contributed by atoms with E-state index in [-0.39, 0.29) is 29.4 Å². The fourth-order valence-corrected chi connectivity index (χ4v) is 3.59. The minimum Gasteiger partial charge on any atom is -0.352 e. The first kappa shape index (κ1) is 20.8. The normalized spacial score (nSPS) is 14.4. The fourth-order valence-electron chi connectivity index (χ4n) is 3.59. The van der Waals surface area contributed by atoms with Gasteiger partial charge in [0.1, 0.15) is 5.56 Å². The van der Waals surface area contributed by atoms with E-state index >= 15 is 0 Å². The van der Waals surface area contributed by atoms with E-state index in [1.54, 1.807) is 35.2 Å². The molecule has 1 fully saturated rings. The number of aromatic nitrogens is 3. The van der Waals surface area contributed by atoms with Crippen LogP contribution in [-0.2, 0) is 11.0 Å². The van der Waals surface area contributed by atoms with Crippen LogP contribution < -0.4 is 5.32 Å². The summed E-state index contributed by atoms with van der Waals surface area (Å²) in [5.74, 6) is -0.458. The van der Waals surface area contributed by atoms with Gasteiger partial charge in [-0.2, -0.15) is 18.3 Å². The molecule has 1 aliphatic heterocycles. The summed E-state index contributed by atoms with van der Waals surface area (Å²) < 4.78 is 41.5. The summed E-state index contributed by atoms with van der Waals surface area (Å²) >= 11 is 0. The molecule has 10 heteroatoms. The maximum atomic E-state index is 13.6. The van der Waals surface area contributed by atoms with Crippen LogP contribution in [0, 0.1) is 0 Å². The number of halogens is 3. The van der Waals surface area contributed by atoms with Crippen LogP contribution in [0.25, 0.3) is 16.9 Å². The summed E-state index contributed by atoms with van der Waals surface area (Å²) in [7, 11) is 0. The Morgan fingerprint density at radius 2 is 1.97 bits per heavy atom. The van der Waals surface area contributed by atoms with Crippen molar-refractivity contribution in [2.45, 2.75) is 25.4 Å². The van der Waals surface area contributed by atoms with Crippen LogP contribution in [0.4, 0.5) is 13.2 Å². The largest absolute Gasteiger partial charge is 0.433 e. The molecule has 0 aliphatic carbocycles. The quantitative estimate of drug-likeness (QED) is 0.608. The molecule has 0 bridgehead atoms. The first-order chi connectivity index (χ1) is 14.8. The van der Waals surface area contributed by atoms with E-state index in [1.807, 2.05) is 0 Å². The highest BCUT2D eigenvalue weighted by molar-refractivity contribution is 5.99. The third kappa shape index (κ3) is 4.37. The summed E-state index contributed by atoms with van der Waals surface area (Å²) in [5.41, 5.74) is -0.620. The molecule has 3 aromatic rings. The van der Waals surface area contributed by atoms with Crippen molar-refractivity contribution in [3.05, 3.63) is 53.9 Å². The Morgan fingerprint density at radius 1 is 1.19 bits per heavy atom. The average molecular weight is 431 g/mol. The predicted octanol–water partition coefficient (Wildman–Crippen LogP) is 3.16. The Hall–Kier alpha value is -3.43. The molecule has 0 saturated carbocycles. The number of carbonyl (C=O) groups excluding carboxylic acids is 2. The highest BCUT2D eigenvalue weighted by Gasteiger charge is 2.36. The highest BCUT2D eigenvalue weighted by atomic mass is 19.4. The average Bonchev–Trinajstić information content (AvgIpc) is 3.36. The Bertz CT molecular complexity index is 1110. The van der Waals surface area contributed by atoms with Crippen molar-refractivity contribution in [3.63, 3.8) is 0 Å². The maximum Gasteiger partial charge on any atom is 0.433 e. The van der Waals surface area contributed by atoms with Gasteiger partial charge in [-0.3, -0.25) is 9.59 Å². The Kier molecular flexibility index (Phi) is 5.62. The van der Waals surface area contributed by atoms with E-state index in [9.17, 15) is 22.8 Å². The Labute approximate surface area is 175 Å². The van der Waals surface area contributed by atoms with Crippen LogP contribution in [0.2, 0.25) is 0 Å². The molecular formula is C21H20F3N5O2. The number of rotatable bonds is 6. The second-order valence-electron chi connectivity index (χ2n) is 7.28. The van der Waals surface area contributed by atoms with E-state index in [0.717, 1.165) is 18.7 Å². The highest BCUT2D eigenvalue weighted by Crippen LogP contribution is 2.32. The molecule has 162 valence electrons. The number of hydrogen-bond donors (Lipinski definition) is 1. The number of fused-ring (bicyclic) bond motifs is 1. The summed E-state index contributed by atoms with van der Waals surface area (Å²) in [6, 6.07) is 9.36. The smallest absolute Gasteiger partial charge is 0.352 e. The monoisotopic (exact) mass is 431 g/mol. The zero-order valence-corrected chi connectivity index (χ0v) is 16.5. The van der Waals surface area contributed by atoms with E-state index in [1.165, 1.54) is 0 Å². The SMILES string of the molecule is O=C(NCCCN1CCCC1=O)c1cnn2c(C(F)(F)F)cc(-c3ccccc3)nc12. The van der Waals surface area contributed by atoms with Crippen molar-refractivity contribution < 1.29 is 22.8 Å². The molecule has 0 radical (unpaired) electrons. The van der Waals surface area contributed by atoms with Crippen LogP contribution in [0.5, 0.6) is 0 Å². The molecule has 4 rings (SSSR count). The number of hydrogen-bond acceptors (Lipinski definition) is 4. The van der Waals surface area contributed by atoms with Gasteiger partial charge < -0.3 is 10.2 Å². The second kappa shape index (κ2) is 8.37. The van der Waals surface area contributed by atoms with E-state index in [2.05, 4.69) is 15.4 Å². The molecule has 0 atom stereocenters. The van der Waals surface area contributed by atoms with Gasteiger partial charge in [-0.1, -0.05) is 30.3 Å². The van der Waals surface area contributed by atoms with E-state index in [0.29, 0.717) is 36.0 Å². The van der Waals surface area contributed by atoms with Gasteiger partial charge in [-0.15, -0.1) is 0 Å². The molecule has 7 nitrogen and oxygen atoms in total. The molecule has 1 aromatic carbocycles. The van der Waals surface area contributed by atoms with Gasteiger partial charge in [0.25, 0.3) is 5.91 Å². The Morgan fingerprint density at radius 3 is 2.65 bits per heavy atom. The molecule has 1 saturated heterocycles. The van der Waals surface area contributed by atoms with E-state index < -0.39 is 17.8 Å². The molecule has 0 unspecified atom stereocenters. The summed E-state index contributed by atoms with van der Waals surface area (Å²) in [6.45, 7) is 1.53. The lowest BCUT2D eigenvalue weighted by Gasteiger charge is -2.15. The third-order valence-corrected chi connectivity index (χ3v) is 5.14. The van der Waals surface area contributed by atoms with Gasteiger partial charge in [-0.05, 0) is 18.9 Å². The van der Waals surface area contributed by atoms with Gasteiger partial charge in [0.2, 0.25) is 5.91 Å². The second-order valence-corrected chi connectivity index (χ2v) is 7.28. The van der Waals surface area contributed by atoms with E-state index in [4.69, 9.17) is 0 Å². The molecule has 0 spiro atoms. The third-order valence-electron chi connectivity index (χ3n) is 5.14.